The van der Waals surface area contributed by atoms with Crippen molar-refractivity contribution in [2.75, 3.05) is 26.7 Å². The Morgan fingerprint density at radius 2 is 1.90 bits per heavy atom. The van der Waals surface area contributed by atoms with Gasteiger partial charge in [-0.25, -0.2) is 4.79 Å². The van der Waals surface area contributed by atoms with E-state index in [1.54, 1.807) is 0 Å². The van der Waals surface area contributed by atoms with E-state index in [9.17, 15) is 4.79 Å². The van der Waals surface area contributed by atoms with Gasteiger partial charge in [-0.15, -0.1) is 0 Å². The van der Waals surface area contributed by atoms with Gasteiger partial charge in [0.15, 0.2) is 0 Å². The van der Waals surface area contributed by atoms with Crippen molar-refractivity contribution < 1.29 is 9.53 Å². The van der Waals surface area contributed by atoms with Crippen LogP contribution in [0.5, 0.6) is 0 Å². The van der Waals surface area contributed by atoms with Crippen molar-refractivity contribution in [1.29, 1.82) is 0 Å². The van der Waals surface area contributed by atoms with Crippen LogP contribution in [0.1, 0.15) is 52.4 Å². The third-order valence-corrected chi connectivity index (χ3v) is 5.06. The molecule has 2 saturated carbocycles. The summed E-state index contributed by atoms with van der Waals surface area (Å²) in [5, 5.41) is 3.33. The van der Waals surface area contributed by atoms with Gasteiger partial charge in [0.05, 0.1) is 6.61 Å². The minimum absolute atomic E-state index is 0.0542. The van der Waals surface area contributed by atoms with Gasteiger partial charge in [-0.2, -0.15) is 0 Å². The summed E-state index contributed by atoms with van der Waals surface area (Å²) < 4.78 is 5.38. The molecule has 0 amide bonds. The lowest BCUT2D eigenvalue weighted by molar-refractivity contribution is -0.153. The van der Waals surface area contributed by atoms with Gasteiger partial charge in [0.2, 0.25) is 0 Å². The van der Waals surface area contributed by atoms with E-state index in [2.05, 4.69) is 17.1 Å². The van der Waals surface area contributed by atoms with Gasteiger partial charge in [-0.05, 0) is 52.1 Å². The van der Waals surface area contributed by atoms with E-state index in [1.165, 1.54) is 25.7 Å². The SMILES string of the molecule is CCOC(=O)C(CN(CC)C1CCCC1)(NC)C1CC1. The Balaban J connectivity index is 2.11. The van der Waals surface area contributed by atoms with E-state index in [0.717, 1.165) is 25.9 Å². The number of rotatable bonds is 8. The normalized spacial score (nSPS) is 23.0. The van der Waals surface area contributed by atoms with Crippen molar-refractivity contribution in [1.82, 2.24) is 10.2 Å². The van der Waals surface area contributed by atoms with Crippen molar-refractivity contribution >= 4 is 5.97 Å². The lowest BCUT2D eigenvalue weighted by atomic mass is 9.91. The molecule has 0 saturated heterocycles. The smallest absolute Gasteiger partial charge is 0.327 e. The first-order chi connectivity index (χ1) is 9.67. The third kappa shape index (κ3) is 3.17. The highest BCUT2D eigenvalue weighted by Gasteiger charge is 2.52. The molecule has 0 aromatic rings. The fourth-order valence-corrected chi connectivity index (χ4v) is 3.67. The van der Waals surface area contributed by atoms with E-state index in [0.29, 0.717) is 18.6 Å². The van der Waals surface area contributed by atoms with Crippen LogP contribution in [0.15, 0.2) is 0 Å². The minimum Gasteiger partial charge on any atom is -0.465 e. The summed E-state index contributed by atoms with van der Waals surface area (Å²) in [6.07, 6.45) is 7.50. The number of carbonyl (C=O) groups excluding carboxylic acids is 1. The van der Waals surface area contributed by atoms with Gasteiger partial charge < -0.3 is 10.1 Å². The first-order valence-corrected chi connectivity index (χ1v) is 8.28. The molecule has 2 rings (SSSR count). The van der Waals surface area contributed by atoms with E-state index in [-0.39, 0.29) is 5.97 Å². The average Bonchev–Trinajstić information content (AvgIpc) is 3.16. The molecule has 2 fully saturated rings. The summed E-state index contributed by atoms with van der Waals surface area (Å²) in [4.78, 5) is 15.0. The second kappa shape index (κ2) is 6.90. The Morgan fingerprint density at radius 3 is 2.35 bits per heavy atom. The number of hydrogen-bond donors (Lipinski definition) is 1. The van der Waals surface area contributed by atoms with Crippen LogP contribution in [0.25, 0.3) is 0 Å². The number of hydrogen-bond acceptors (Lipinski definition) is 4. The minimum atomic E-state index is -0.491. The molecule has 1 unspecified atom stereocenters. The Kier molecular flexibility index (Phi) is 5.44. The molecule has 0 bridgehead atoms. The number of nitrogens with zero attached hydrogens (tertiary/aromatic N) is 1. The second-order valence-corrected chi connectivity index (χ2v) is 6.22. The predicted molar refractivity (Wildman–Crippen MR) is 80.7 cm³/mol. The molecule has 4 heteroatoms. The maximum absolute atomic E-state index is 12.5. The molecule has 0 radical (unpaired) electrons. The summed E-state index contributed by atoms with van der Waals surface area (Å²) in [6, 6.07) is 0.654. The predicted octanol–water partition coefficient (Wildman–Crippen LogP) is 2.18. The average molecular weight is 282 g/mol. The lowest BCUT2D eigenvalue weighted by Gasteiger charge is -2.38. The zero-order chi connectivity index (χ0) is 14.6. The number of nitrogens with one attached hydrogen (secondary N) is 1. The van der Waals surface area contributed by atoms with Crippen molar-refractivity contribution in [3.8, 4) is 0 Å². The molecule has 0 aliphatic heterocycles. The molecule has 0 spiro atoms. The third-order valence-electron chi connectivity index (χ3n) is 5.06. The molecule has 2 aliphatic rings. The Labute approximate surface area is 123 Å². The van der Waals surface area contributed by atoms with Crippen molar-refractivity contribution in [2.24, 2.45) is 5.92 Å². The molecule has 2 aliphatic carbocycles. The summed E-state index contributed by atoms with van der Waals surface area (Å²) in [5.74, 6) is 0.392. The maximum atomic E-state index is 12.5. The quantitative estimate of drug-likeness (QED) is 0.693. The summed E-state index contributed by atoms with van der Waals surface area (Å²) in [5.41, 5.74) is -0.491. The monoisotopic (exact) mass is 282 g/mol. The van der Waals surface area contributed by atoms with Crippen LogP contribution < -0.4 is 5.32 Å². The topological polar surface area (TPSA) is 41.6 Å². The number of carbonyl (C=O) groups is 1. The first kappa shape index (κ1) is 15.8. The van der Waals surface area contributed by atoms with Gasteiger partial charge in [-0.3, -0.25) is 4.90 Å². The zero-order valence-corrected chi connectivity index (χ0v) is 13.3. The molecule has 1 atom stereocenters. The zero-order valence-electron chi connectivity index (χ0n) is 13.3. The highest BCUT2D eigenvalue weighted by atomic mass is 16.5. The lowest BCUT2D eigenvalue weighted by Crippen LogP contribution is -2.61. The van der Waals surface area contributed by atoms with Crippen molar-refractivity contribution in [3.63, 3.8) is 0 Å². The van der Waals surface area contributed by atoms with Crippen LogP contribution in [0, 0.1) is 5.92 Å². The summed E-state index contributed by atoms with van der Waals surface area (Å²) in [7, 11) is 1.91. The van der Waals surface area contributed by atoms with Gasteiger partial charge in [0, 0.05) is 12.6 Å². The van der Waals surface area contributed by atoms with E-state index < -0.39 is 5.54 Å². The molecule has 0 heterocycles. The molecule has 116 valence electrons. The standard InChI is InChI=1S/C16H30N2O2/c1-4-18(14-8-6-7-9-14)12-16(17-3,13-10-11-13)15(19)20-5-2/h13-14,17H,4-12H2,1-3H3. The number of ether oxygens (including phenoxy) is 1. The largest absolute Gasteiger partial charge is 0.465 e. The summed E-state index contributed by atoms with van der Waals surface area (Å²) >= 11 is 0. The highest BCUT2D eigenvalue weighted by molar-refractivity contribution is 5.82. The van der Waals surface area contributed by atoms with Crippen LogP contribution in [0.2, 0.25) is 0 Å². The molecular formula is C16H30N2O2. The molecule has 0 aromatic heterocycles. The van der Waals surface area contributed by atoms with E-state index in [1.807, 2.05) is 14.0 Å². The van der Waals surface area contributed by atoms with Crippen LogP contribution in [-0.4, -0.2) is 49.2 Å². The number of esters is 1. The van der Waals surface area contributed by atoms with E-state index >= 15 is 0 Å². The Hall–Kier alpha value is -0.610. The van der Waals surface area contributed by atoms with Crippen LogP contribution in [0.3, 0.4) is 0 Å². The number of likely N-dealkylation sites (N-methyl/N-ethyl adjacent to an activating group) is 2. The maximum Gasteiger partial charge on any atom is 0.327 e. The van der Waals surface area contributed by atoms with Gasteiger partial charge >= 0.3 is 5.97 Å². The molecular weight excluding hydrogens is 252 g/mol. The van der Waals surface area contributed by atoms with Gasteiger partial charge in [0.1, 0.15) is 5.54 Å². The second-order valence-electron chi connectivity index (χ2n) is 6.22. The van der Waals surface area contributed by atoms with Crippen molar-refractivity contribution in [3.05, 3.63) is 0 Å². The van der Waals surface area contributed by atoms with Gasteiger partial charge in [-0.1, -0.05) is 19.8 Å². The van der Waals surface area contributed by atoms with Gasteiger partial charge in [0.25, 0.3) is 0 Å². The van der Waals surface area contributed by atoms with Crippen molar-refractivity contribution in [2.45, 2.75) is 64.0 Å². The van der Waals surface area contributed by atoms with E-state index in [4.69, 9.17) is 4.74 Å². The first-order valence-electron chi connectivity index (χ1n) is 8.28. The molecule has 1 N–H and O–H groups in total. The van der Waals surface area contributed by atoms with Crippen LogP contribution in [0.4, 0.5) is 0 Å². The summed E-state index contributed by atoms with van der Waals surface area (Å²) in [6.45, 7) is 6.37. The van der Waals surface area contributed by atoms with Crippen LogP contribution in [-0.2, 0) is 9.53 Å². The fraction of sp³-hybridized carbons (Fsp3) is 0.938. The molecule has 20 heavy (non-hydrogen) atoms. The Bertz CT molecular complexity index is 324. The van der Waals surface area contributed by atoms with Crippen LogP contribution >= 0.6 is 0 Å². The molecule has 4 nitrogen and oxygen atoms in total. The Morgan fingerprint density at radius 1 is 1.25 bits per heavy atom. The fourth-order valence-electron chi connectivity index (χ4n) is 3.67. The molecule has 0 aromatic carbocycles. The highest BCUT2D eigenvalue weighted by Crippen LogP contribution is 2.41.